The maximum atomic E-state index is 12.4. The fourth-order valence-electron chi connectivity index (χ4n) is 0.653. The maximum absolute atomic E-state index is 12.4. The number of halogens is 3. The Morgan fingerprint density at radius 3 is 1.92 bits per heavy atom. The molecule has 6 heteroatoms. The van der Waals surface area contributed by atoms with E-state index in [1.165, 1.54) is 0 Å². The fourth-order valence-corrected chi connectivity index (χ4v) is 1.59. The molecule has 1 radical (unpaired) electrons. The van der Waals surface area contributed by atoms with Gasteiger partial charge in [-0.1, -0.05) is 0 Å². The van der Waals surface area contributed by atoms with E-state index in [4.69, 9.17) is 4.10 Å². The molecule has 1 aromatic rings. The Kier molecular flexibility index (Phi) is 2.65. The molecule has 0 bridgehead atoms. The summed E-state index contributed by atoms with van der Waals surface area (Å²) in [6.45, 7) is 0. The zero-order valence-corrected chi connectivity index (χ0v) is 7.47. The van der Waals surface area contributed by atoms with E-state index >= 15 is 0 Å². The molecule has 0 fully saturated rings. The van der Waals surface area contributed by atoms with Crippen molar-refractivity contribution in [2.45, 2.75) is 0 Å². The molecule has 1 rings (SSSR count). The number of hydrogen-bond donors (Lipinski definition) is 1. The molecule has 0 aliphatic heterocycles. The van der Waals surface area contributed by atoms with E-state index in [-0.39, 0.29) is 4.35 Å². The Morgan fingerprint density at radius 2 is 1.58 bits per heavy atom. The molecular weight excluding hydrogens is 236 g/mol. The van der Waals surface area contributed by atoms with Crippen LogP contribution in [0.1, 0.15) is 0 Å². The number of benzene rings is 1. The zero-order valence-electron chi connectivity index (χ0n) is 5.59. The Morgan fingerprint density at radius 1 is 1.17 bits per heavy atom. The van der Waals surface area contributed by atoms with Crippen molar-refractivity contribution < 1.29 is 21.0 Å². The molecule has 1 atom stereocenters. The van der Waals surface area contributed by atoms with Crippen molar-refractivity contribution in [2.24, 2.45) is 0 Å². The van der Waals surface area contributed by atoms with Crippen molar-refractivity contribution in [1.29, 1.82) is 0 Å². The van der Waals surface area contributed by atoms with Crippen LogP contribution in [-0.4, -0.2) is 19.0 Å². The number of hydrogen-bond acceptors (Lipinski definition) is 1. The van der Waals surface area contributed by atoms with E-state index in [2.05, 4.69) is 0 Å². The van der Waals surface area contributed by atoms with Crippen LogP contribution >= 0.6 is 0 Å². The van der Waals surface area contributed by atoms with E-state index in [0.29, 0.717) is 12.1 Å². The van der Waals surface area contributed by atoms with Crippen molar-refractivity contribution in [2.75, 3.05) is 0 Å². The van der Waals surface area contributed by atoms with Crippen molar-refractivity contribution >= 4 is 19.3 Å². The van der Waals surface area contributed by atoms with Crippen LogP contribution in [0.3, 0.4) is 0 Å². The second kappa shape index (κ2) is 3.37. The summed E-state index contributed by atoms with van der Waals surface area (Å²) in [5.41, 5.74) is 0. The van der Waals surface area contributed by atoms with Gasteiger partial charge in [0.15, 0.2) is 0 Å². The first-order valence-electron chi connectivity index (χ1n) is 2.83. The molecule has 65 valence electrons. The van der Waals surface area contributed by atoms with Gasteiger partial charge in [-0.25, -0.2) is 0 Å². The summed E-state index contributed by atoms with van der Waals surface area (Å²) in [6.07, 6.45) is 0. The quantitative estimate of drug-likeness (QED) is 0.562. The third-order valence-corrected chi connectivity index (χ3v) is 2.66. The predicted molar refractivity (Wildman–Crippen MR) is 34.6 cm³/mol. The topological polar surface area (TPSA) is 37.3 Å². The summed E-state index contributed by atoms with van der Waals surface area (Å²) in [6, 6.07) is 1.04. The first-order chi connectivity index (χ1) is 5.52. The molecule has 0 saturated carbocycles. The molecule has 0 amide bonds. The molecule has 1 aromatic carbocycles. The Hall–Kier alpha value is -0.672. The monoisotopic (exact) mass is 239 g/mol. The van der Waals surface area contributed by atoms with Crippen LogP contribution in [0, 0.1) is 17.5 Å². The standard InChI is InChI=1S/C6H3AsF3O2/c8-4-1-3(7(11)12)2-5(9)6(4)10/h1-2H,(H,11,12). The van der Waals surface area contributed by atoms with E-state index in [0.717, 1.165) is 0 Å². The van der Waals surface area contributed by atoms with Crippen LogP contribution in [0.25, 0.3) is 0 Å². The Bertz CT molecular complexity index is 317. The summed E-state index contributed by atoms with van der Waals surface area (Å²) in [5.74, 6) is -4.53. The Labute approximate surface area is 70.5 Å². The van der Waals surface area contributed by atoms with Gasteiger partial charge in [-0.3, -0.25) is 0 Å². The van der Waals surface area contributed by atoms with Gasteiger partial charge in [0.2, 0.25) is 0 Å². The van der Waals surface area contributed by atoms with Gasteiger partial charge in [-0.2, -0.15) is 0 Å². The van der Waals surface area contributed by atoms with Gasteiger partial charge in [-0.05, 0) is 0 Å². The minimum atomic E-state index is -3.56. The molecule has 0 aromatic heterocycles. The average Bonchev–Trinajstić information content (AvgIpc) is 1.99. The van der Waals surface area contributed by atoms with Gasteiger partial charge in [0.1, 0.15) is 0 Å². The molecule has 1 unspecified atom stereocenters. The van der Waals surface area contributed by atoms with Gasteiger partial charge < -0.3 is 0 Å². The number of rotatable bonds is 1. The molecule has 0 aliphatic carbocycles. The molecule has 0 heterocycles. The van der Waals surface area contributed by atoms with E-state index < -0.39 is 32.4 Å². The molecule has 1 N–H and O–H groups in total. The van der Waals surface area contributed by atoms with Gasteiger partial charge >= 0.3 is 69.9 Å². The van der Waals surface area contributed by atoms with E-state index in [1.807, 2.05) is 0 Å². The van der Waals surface area contributed by atoms with E-state index in [1.54, 1.807) is 0 Å². The predicted octanol–water partition coefficient (Wildman–Crippen LogP) is 0.222. The second-order valence-electron chi connectivity index (χ2n) is 2.00. The van der Waals surface area contributed by atoms with E-state index in [9.17, 15) is 16.9 Å². The van der Waals surface area contributed by atoms with Crippen LogP contribution in [0.2, 0.25) is 0 Å². The molecular formula is C6H3AsF3O2. The second-order valence-corrected chi connectivity index (χ2v) is 4.23. The molecule has 2 nitrogen and oxygen atoms in total. The molecule has 12 heavy (non-hydrogen) atoms. The minimum absolute atomic E-state index is 0.390. The zero-order chi connectivity index (χ0) is 9.30. The molecule has 0 saturated heterocycles. The third kappa shape index (κ3) is 1.73. The van der Waals surface area contributed by atoms with Gasteiger partial charge in [0.25, 0.3) is 0 Å². The summed E-state index contributed by atoms with van der Waals surface area (Å²) in [5, 5.41) is 0. The van der Waals surface area contributed by atoms with Crippen molar-refractivity contribution in [1.82, 2.24) is 0 Å². The van der Waals surface area contributed by atoms with Gasteiger partial charge in [0.05, 0.1) is 0 Å². The molecule has 0 aliphatic rings. The Balaban J connectivity index is 3.31. The van der Waals surface area contributed by atoms with Crippen LogP contribution in [0.5, 0.6) is 0 Å². The van der Waals surface area contributed by atoms with Crippen LogP contribution in [0.4, 0.5) is 13.2 Å². The summed E-state index contributed by atoms with van der Waals surface area (Å²) in [4.78, 5) is 0. The normalized spacial score (nSPS) is 11.5. The molecule has 0 spiro atoms. The summed E-state index contributed by atoms with van der Waals surface area (Å²) < 4.78 is 55.5. The van der Waals surface area contributed by atoms with Gasteiger partial charge in [0, 0.05) is 0 Å². The van der Waals surface area contributed by atoms with Crippen LogP contribution in [0.15, 0.2) is 12.1 Å². The van der Waals surface area contributed by atoms with Gasteiger partial charge in [-0.15, -0.1) is 0 Å². The van der Waals surface area contributed by atoms with Crippen molar-refractivity contribution in [3.8, 4) is 0 Å². The van der Waals surface area contributed by atoms with Crippen LogP contribution < -0.4 is 4.35 Å². The van der Waals surface area contributed by atoms with Crippen molar-refractivity contribution in [3.05, 3.63) is 29.6 Å². The van der Waals surface area contributed by atoms with Crippen LogP contribution in [-0.2, 0) is 3.74 Å². The summed E-state index contributed by atoms with van der Waals surface area (Å²) >= 11 is -3.56. The first-order valence-corrected chi connectivity index (χ1v) is 5.37. The third-order valence-electron chi connectivity index (χ3n) is 1.19. The van der Waals surface area contributed by atoms with Crippen molar-refractivity contribution in [3.63, 3.8) is 0 Å². The SMILES string of the molecule is O=[As](O)c1cc(F)c(F)c(F)c1. The first kappa shape index (κ1) is 9.42. The average molecular weight is 239 g/mol. The summed E-state index contributed by atoms with van der Waals surface area (Å²) in [7, 11) is 0. The fraction of sp³-hybridized carbons (Fsp3) is 0.